The minimum Gasteiger partial charge on any atom is -0.381 e. The van der Waals surface area contributed by atoms with Gasteiger partial charge in [-0.1, -0.05) is 0 Å². The zero-order valence-corrected chi connectivity index (χ0v) is 8.63. The third-order valence-corrected chi connectivity index (χ3v) is 4.50. The maximum absolute atomic E-state index is 6.40. The lowest BCUT2D eigenvalue weighted by Crippen LogP contribution is -2.62. The Morgan fingerprint density at radius 1 is 1.00 bits per heavy atom. The smallest absolute Gasteiger partial charge is 0.0565 e. The molecule has 0 radical (unpaired) electrons. The van der Waals surface area contributed by atoms with Gasteiger partial charge in [-0.3, -0.25) is 0 Å². The number of nitrogens with two attached hydrogens (primary N) is 1. The molecule has 2 heterocycles. The first-order chi connectivity index (χ1) is 6.77. The molecule has 3 aliphatic rings. The van der Waals surface area contributed by atoms with E-state index in [0.717, 1.165) is 32.3 Å². The fourth-order valence-electron chi connectivity index (χ4n) is 3.13. The second-order valence-corrected chi connectivity index (χ2v) is 5.19. The molecule has 3 heteroatoms. The molecule has 14 heavy (non-hydrogen) atoms. The van der Waals surface area contributed by atoms with Crippen molar-refractivity contribution in [3.8, 4) is 0 Å². The van der Waals surface area contributed by atoms with Gasteiger partial charge in [-0.15, -0.1) is 0 Å². The van der Waals surface area contributed by atoms with Crippen LogP contribution in [-0.4, -0.2) is 32.0 Å². The molecule has 1 aliphatic carbocycles. The van der Waals surface area contributed by atoms with E-state index in [1.165, 1.54) is 25.7 Å². The molecule has 2 saturated heterocycles. The summed E-state index contributed by atoms with van der Waals surface area (Å²) in [5.41, 5.74) is 6.83. The van der Waals surface area contributed by atoms with Crippen LogP contribution in [0.1, 0.15) is 25.7 Å². The van der Waals surface area contributed by atoms with Crippen molar-refractivity contribution in [1.29, 1.82) is 0 Å². The van der Waals surface area contributed by atoms with Gasteiger partial charge in [0.2, 0.25) is 0 Å². The lowest BCUT2D eigenvalue weighted by atomic mass is 9.64. The number of rotatable bonds is 2. The fraction of sp³-hybridized carbons (Fsp3) is 1.00. The van der Waals surface area contributed by atoms with Crippen LogP contribution in [0.25, 0.3) is 0 Å². The van der Waals surface area contributed by atoms with Crippen molar-refractivity contribution in [3.63, 3.8) is 0 Å². The maximum Gasteiger partial charge on any atom is 0.0565 e. The zero-order chi connectivity index (χ0) is 9.65. The summed E-state index contributed by atoms with van der Waals surface area (Å²) in [6.07, 6.45) is 4.77. The van der Waals surface area contributed by atoms with Crippen LogP contribution >= 0.6 is 0 Å². The molecule has 0 aromatic carbocycles. The number of hydrogen-bond donors (Lipinski definition) is 1. The molecule has 1 saturated carbocycles. The summed E-state index contributed by atoms with van der Waals surface area (Å²) in [7, 11) is 0. The summed E-state index contributed by atoms with van der Waals surface area (Å²) in [5.74, 6) is 0.748. The summed E-state index contributed by atoms with van der Waals surface area (Å²) < 4.78 is 10.9. The molecule has 3 rings (SSSR count). The Bertz CT molecular complexity index is 227. The van der Waals surface area contributed by atoms with Gasteiger partial charge >= 0.3 is 0 Å². The van der Waals surface area contributed by atoms with E-state index in [-0.39, 0.29) is 5.54 Å². The van der Waals surface area contributed by atoms with Crippen molar-refractivity contribution < 1.29 is 9.47 Å². The van der Waals surface area contributed by atoms with E-state index in [0.29, 0.717) is 5.41 Å². The number of ether oxygens (including phenoxy) is 2. The normalized spacial score (nSPS) is 34.9. The molecule has 2 aliphatic heterocycles. The third-order valence-electron chi connectivity index (χ3n) is 4.50. The highest BCUT2D eigenvalue weighted by Gasteiger charge is 2.63. The van der Waals surface area contributed by atoms with Gasteiger partial charge in [0, 0.05) is 24.2 Å². The highest BCUT2D eigenvalue weighted by molar-refractivity contribution is 5.17. The summed E-state index contributed by atoms with van der Waals surface area (Å²) in [4.78, 5) is 0. The Labute approximate surface area is 84.9 Å². The highest BCUT2D eigenvalue weighted by Crippen LogP contribution is 2.57. The first-order valence-electron chi connectivity index (χ1n) is 5.71. The monoisotopic (exact) mass is 197 g/mol. The van der Waals surface area contributed by atoms with E-state index in [1.807, 2.05) is 0 Å². The van der Waals surface area contributed by atoms with Crippen LogP contribution in [0.3, 0.4) is 0 Å². The average molecular weight is 197 g/mol. The molecule has 0 aromatic heterocycles. The van der Waals surface area contributed by atoms with Crippen molar-refractivity contribution >= 4 is 0 Å². The zero-order valence-electron chi connectivity index (χ0n) is 8.63. The SMILES string of the molecule is NC1(C2(C3CCOCC3)COC2)CC1. The quantitative estimate of drug-likeness (QED) is 0.716. The molecule has 0 unspecified atom stereocenters. The first-order valence-corrected chi connectivity index (χ1v) is 5.71. The van der Waals surface area contributed by atoms with Crippen molar-refractivity contribution in [2.24, 2.45) is 17.1 Å². The molecule has 0 amide bonds. The van der Waals surface area contributed by atoms with Crippen LogP contribution in [-0.2, 0) is 9.47 Å². The summed E-state index contributed by atoms with van der Waals surface area (Å²) in [6, 6.07) is 0. The molecular weight excluding hydrogens is 178 g/mol. The molecule has 0 bridgehead atoms. The minimum atomic E-state index is 0.118. The van der Waals surface area contributed by atoms with Gasteiger partial charge in [0.05, 0.1) is 13.2 Å². The molecule has 0 aromatic rings. The molecule has 0 spiro atoms. The topological polar surface area (TPSA) is 44.5 Å². The summed E-state index contributed by atoms with van der Waals surface area (Å²) >= 11 is 0. The van der Waals surface area contributed by atoms with Gasteiger partial charge in [0.15, 0.2) is 0 Å². The lowest BCUT2D eigenvalue weighted by Gasteiger charge is -2.52. The molecule has 0 atom stereocenters. The maximum atomic E-state index is 6.40. The van der Waals surface area contributed by atoms with Crippen LogP contribution in [0.5, 0.6) is 0 Å². The predicted octanol–water partition coefficient (Wildman–Crippen LogP) is 0.921. The van der Waals surface area contributed by atoms with Gasteiger partial charge in [-0.2, -0.15) is 0 Å². The van der Waals surface area contributed by atoms with Crippen molar-refractivity contribution in [1.82, 2.24) is 0 Å². The summed E-state index contributed by atoms with van der Waals surface area (Å²) in [5, 5.41) is 0. The number of hydrogen-bond acceptors (Lipinski definition) is 3. The van der Waals surface area contributed by atoms with Crippen molar-refractivity contribution in [3.05, 3.63) is 0 Å². The van der Waals surface area contributed by atoms with Crippen molar-refractivity contribution in [2.75, 3.05) is 26.4 Å². The Balaban J connectivity index is 1.78. The largest absolute Gasteiger partial charge is 0.381 e. The second-order valence-electron chi connectivity index (χ2n) is 5.19. The van der Waals surface area contributed by atoms with Crippen LogP contribution in [0, 0.1) is 11.3 Å². The van der Waals surface area contributed by atoms with Gasteiger partial charge < -0.3 is 15.2 Å². The van der Waals surface area contributed by atoms with E-state index < -0.39 is 0 Å². The van der Waals surface area contributed by atoms with E-state index in [2.05, 4.69) is 0 Å². The van der Waals surface area contributed by atoms with Gasteiger partial charge in [-0.05, 0) is 31.6 Å². The van der Waals surface area contributed by atoms with Gasteiger partial charge in [0.25, 0.3) is 0 Å². The van der Waals surface area contributed by atoms with Crippen LogP contribution in [0.4, 0.5) is 0 Å². The van der Waals surface area contributed by atoms with Gasteiger partial charge in [0.1, 0.15) is 0 Å². The van der Waals surface area contributed by atoms with E-state index in [1.54, 1.807) is 0 Å². The third kappa shape index (κ3) is 1.09. The second kappa shape index (κ2) is 2.94. The van der Waals surface area contributed by atoms with Crippen LogP contribution in [0.15, 0.2) is 0 Å². The fourth-order valence-corrected chi connectivity index (χ4v) is 3.13. The lowest BCUT2D eigenvalue weighted by molar-refractivity contribution is -0.180. The van der Waals surface area contributed by atoms with Crippen LogP contribution in [0.2, 0.25) is 0 Å². The standard InChI is InChI=1S/C11H19NO2/c12-11(3-4-11)10(7-14-8-10)9-1-5-13-6-2-9/h9H,1-8,12H2. The van der Waals surface area contributed by atoms with Crippen molar-refractivity contribution in [2.45, 2.75) is 31.2 Å². The van der Waals surface area contributed by atoms with E-state index in [4.69, 9.17) is 15.2 Å². The highest BCUT2D eigenvalue weighted by atomic mass is 16.5. The van der Waals surface area contributed by atoms with E-state index >= 15 is 0 Å². The Kier molecular flexibility index (Phi) is 1.92. The summed E-state index contributed by atoms with van der Waals surface area (Å²) in [6.45, 7) is 3.63. The van der Waals surface area contributed by atoms with E-state index in [9.17, 15) is 0 Å². The molecule has 2 N–H and O–H groups in total. The Morgan fingerprint density at radius 3 is 2.07 bits per heavy atom. The minimum absolute atomic E-state index is 0.118. The Hall–Kier alpha value is -0.120. The van der Waals surface area contributed by atoms with Gasteiger partial charge in [-0.25, -0.2) is 0 Å². The first kappa shape index (κ1) is 9.13. The average Bonchev–Trinajstić information content (AvgIpc) is 2.84. The predicted molar refractivity (Wildman–Crippen MR) is 52.9 cm³/mol. The molecule has 80 valence electrons. The molecule has 3 nitrogen and oxygen atoms in total. The molecular formula is C11H19NO2. The van der Waals surface area contributed by atoms with Crippen LogP contribution < -0.4 is 5.73 Å². The Morgan fingerprint density at radius 2 is 1.64 bits per heavy atom. The molecule has 3 fully saturated rings.